The highest BCUT2D eigenvalue weighted by Gasteiger charge is 2.26. The molecule has 4 aromatic carbocycles. The molecule has 0 saturated carbocycles. The SMILES string of the molecule is Cc1ccc(-c2ccc(-c3cc(C(=O)N[C@H](C(=O)NO)[C@@H](C)O)ccc3-c3ccccc3)cc2)cc1F. The van der Waals surface area contributed by atoms with E-state index >= 15 is 0 Å². The second kappa shape index (κ2) is 11.2. The van der Waals surface area contributed by atoms with Crippen LogP contribution in [0.5, 0.6) is 0 Å². The van der Waals surface area contributed by atoms with Crippen LogP contribution < -0.4 is 10.8 Å². The van der Waals surface area contributed by atoms with E-state index in [2.05, 4.69) is 5.32 Å². The maximum absolute atomic E-state index is 14.1. The Morgan fingerprint density at radius 2 is 1.41 bits per heavy atom. The molecule has 0 aliphatic carbocycles. The quantitative estimate of drug-likeness (QED) is 0.210. The van der Waals surface area contributed by atoms with Crippen LogP contribution in [0.2, 0.25) is 0 Å². The number of nitrogens with one attached hydrogen (secondary N) is 2. The minimum atomic E-state index is -1.33. The first-order chi connectivity index (χ1) is 17.8. The highest BCUT2D eigenvalue weighted by atomic mass is 19.1. The van der Waals surface area contributed by atoms with Gasteiger partial charge in [-0.25, -0.2) is 9.87 Å². The first-order valence-corrected chi connectivity index (χ1v) is 11.8. The van der Waals surface area contributed by atoms with E-state index in [4.69, 9.17) is 5.21 Å². The number of rotatable bonds is 7. The van der Waals surface area contributed by atoms with Crippen LogP contribution in [0.3, 0.4) is 0 Å². The third-order valence-corrected chi connectivity index (χ3v) is 6.23. The smallest absolute Gasteiger partial charge is 0.268 e. The predicted molar refractivity (Wildman–Crippen MR) is 140 cm³/mol. The molecule has 4 rings (SSSR count). The number of hydrogen-bond acceptors (Lipinski definition) is 4. The van der Waals surface area contributed by atoms with Gasteiger partial charge in [0.05, 0.1) is 6.10 Å². The number of aryl methyl sites for hydroxylation is 1. The highest BCUT2D eigenvalue weighted by molar-refractivity contribution is 6.00. The summed E-state index contributed by atoms with van der Waals surface area (Å²) in [6.07, 6.45) is -1.22. The lowest BCUT2D eigenvalue weighted by Crippen LogP contribution is -2.51. The van der Waals surface area contributed by atoms with Crippen LogP contribution in [-0.2, 0) is 4.79 Å². The van der Waals surface area contributed by atoms with E-state index in [0.29, 0.717) is 5.56 Å². The summed E-state index contributed by atoms with van der Waals surface area (Å²) in [5, 5.41) is 21.3. The van der Waals surface area contributed by atoms with Crippen LogP contribution in [0.25, 0.3) is 33.4 Å². The number of carbonyl (C=O) groups excluding carboxylic acids is 2. The molecule has 37 heavy (non-hydrogen) atoms. The monoisotopic (exact) mass is 498 g/mol. The molecule has 0 radical (unpaired) electrons. The summed E-state index contributed by atoms with van der Waals surface area (Å²) in [5.41, 5.74) is 7.40. The van der Waals surface area contributed by atoms with Crippen LogP contribution in [-0.4, -0.2) is 34.3 Å². The van der Waals surface area contributed by atoms with Crippen molar-refractivity contribution in [1.82, 2.24) is 10.8 Å². The largest absolute Gasteiger partial charge is 0.391 e. The molecule has 6 nitrogen and oxygen atoms in total. The third kappa shape index (κ3) is 5.74. The van der Waals surface area contributed by atoms with E-state index < -0.39 is 24.0 Å². The summed E-state index contributed by atoms with van der Waals surface area (Å²) in [4.78, 5) is 24.9. The highest BCUT2D eigenvalue weighted by Crippen LogP contribution is 2.34. The molecule has 0 heterocycles. The van der Waals surface area contributed by atoms with Gasteiger partial charge in [-0.2, -0.15) is 0 Å². The van der Waals surface area contributed by atoms with Gasteiger partial charge in [-0.1, -0.05) is 72.8 Å². The van der Waals surface area contributed by atoms with Crippen molar-refractivity contribution in [2.45, 2.75) is 26.0 Å². The minimum absolute atomic E-state index is 0.267. The van der Waals surface area contributed by atoms with E-state index in [1.54, 1.807) is 25.1 Å². The van der Waals surface area contributed by atoms with Crippen molar-refractivity contribution in [1.29, 1.82) is 0 Å². The molecule has 0 spiro atoms. The number of amides is 2. The summed E-state index contributed by atoms with van der Waals surface area (Å²) >= 11 is 0. The summed E-state index contributed by atoms with van der Waals surface area (Å²) in [5.74, 6) is -1.77. The fourth-order valence-corrected chi connectivity index (χ4v) is 4.11. The van der Waals surface area contributed by atoms with E-state index in [1.807, 2.05) is 66.7 Å². The first kappa shape index (κ1) is 25.8. The van der Waals surface area contributed by atoms with E-state index in [0.717, 1.165) is 33.4 Å². The lowest BCUT2D eigenvalue weighted by Gasteiger charge is -2.20. The lowest BCUT2D eigenvalue weighted by molar-refractivity contribution is -0.133. The Bertz CT molecular complexity index is 1420. The normalized spacial score (nSPS) is 12.5. The Morgan fingerprint density at radius 1 is 0.784 bits per heavy atom. The summed E-state index contributed by atoms with van der Waals surface area (Å²) in [7, 11) is 0. The number of hydroxylamine groups is 1. The van der Waals surface area contributed by atoms with Gasteiger partial charge < -0.3 is 10.4 Å². The molecule has 2 atom stereocenters. The molecule has 7 heteroatoms. The van der Waals surface area contributed by atoms with Gasteiger partial charge in [0.2, 0.25) is 0 Å². The number of hydrogen-bond donors (Lipinski definition) is 4. The van der Waals surface area contributed by atoms with Crippen LogP contribution >= 0.6 is 0 Å². The molecule has 0 aliphatic heterocycles. The molecule has 0 bridgehead atoms. The first-order valence-electron chi connectivity index (χ1n) is 11.8. The maximum Gasteiger partial charge on any atom is 0.268 e. The van der Waals surface area contributed by atoms with Crippen molar-refractivity contribution in [2.75, 3.05) is 0 Å². The predicted octanol–water partition coefficient (Wildman–Crippen LogP) is 5.12. The van der Waals surface area contributed by atoms with Gasteiger partial charge in [0.1, 0.15) is 11.9 Å². The summed E-state index contributed by atoms with van der Waals surface area (Å²) in [6.45, 7) is 3.06. The van der Waals surface area contributed by atoms with Crippen LogP contribution in [0.4, 0.5) is 4.39 Å². The van der Waals surface area contributed by atoms with Crippen molar-refractivity contribution in [3.8, 4) is 33.4 Å². The van der Waals surface area contributed by atoms with Gasteiger partial charge in [0.25, 0.3) is 11.8 Å². The molecule has 0 fully saturated rings. The second-order valence-electron chi connectivity index (χ2n) is 8.84. The van der Waals surface area contributed by atoms with Crippen molar-refractivity contribution >= 4 is 11.8 Å². The zero-order valence-electron chi connectivity index (χ0n) is 20.4. The number of aliphatic hydroxyl groups is 1. The van der Waals surface area contributed by atoms with Gasteiger partial charge in [-0.15, -0.1) is 0 Å². The fourth-order valence-electron chi connectivity index (χ4n) is 4.11. The van der Waals surface area contributed by atoms with Gasteiger partial charge in [0, 0.05) is 5.56 Å². The molecular formula is C30H27FN2O4. The Morgan fingerprint density at radius 3 is 2.03 bits per heavy atom. The number of benzene rings is 4. The molecule has 188 valence electrons. The van der Waals surface area contributed by atoms with Crippen molar-refractivity contribution in [3.05, 3.63) is 108 Å². The Hall–Kier alpha value is -4.33. The van der Waals surface area contributed by atoms with E-state index in [-0.39, 0.29) is 11.4 Å². The summed E-state index contributed by atoms with van der Waals surface area (Å²) in [6, 6.07) is 26.3. The van der Waals surface area contributed by atoms with Crippen LogP contribution in [0.1, 0.15) is 22.8 Å². The molecule has 0 aliphatic rings. The standard InChI is InChI=1S/C30H27FN2O4/c1-18-8-9-23(17-27(18)31)20-10-12-22(13-11-20)26-16-24(14-15-25(26)21-6-4-3-5-7-21)29(35)32-28(19(2)34)30(36)33-37/h3-17,19,28,34,37H,1-2H3,(H,32,35)(H,33,36)/t19-,28+/m1/s1. The minimum Gasteiger partial charge on any atom is -0.391 e. The molecule has 2 amide bonds. The number of aliphatic hydroxyl groups excluding tert-OH is 1. The topological polar surface area (TPSA) is 98.7 Å². The molecule has 4 N–H and O–H groups in total. The maximum atomic E-state index is 14.1. The van der Waals surface area contributed by atoms with Gasteiger partial charge >= 0.3 is 0 Å². The lowest BCUT2D eigenvalue weighted by atomic mass is 9.91. The molecular weight excluding hydrogens is 471 g/mol. The third-order valence-electron chi connectivity index (χ3n) is 6.23. The number of carbonyl (C=O) groups is 2. The molecule has 0 aromatic heterocycles. The summed E-state index contributed by atoms with van der Waals surface area (Å²) < 4.78 is 14.1. The van der Waals surface area contributed by atoms with Crippen molar-refractivity contribution in [2.24, 2.45) is 0 Å². The van der Waals surface area contributed by atoms with Gasteiger partial charge in [-0.3, -0.25) is 14.8 Å². The van der Waals surface area contributed by atoms with Crippen LogP contribution in [0, 0.1) is 12.7 Å². The average Bonchev–Trinajstić information content (AvgIpc) is 2.92. The Balaban J connectivity index is 1.74. The Kier molecular flexibility index (Phi) is 7.77. The van der Waals surface area contributed by atoms with Gasteiger partial charge in [-0.05, 0) is 71.0 Å². The van der Waals surface area contributed by atoms with Crippen LogP contribution in [0.15, 0.2) is 91.0 Å². The number of halogens is 1. The average molecular weight is 499 g/mol. The fraction of sp³-hybridized carbons (Fsp3) is 0.133. The second-order valence-corrected chi connectivity index (χ2v) is 8.84. The van der Waals surface area contributed by atoms with Crippen molar-refractivity contribution in [3.63, 3.8) is 0 Å². The van der Waals surface area contributed by atoms with Crippen molar-refractivity contribution < 1.29 is 24.3 Å². The molecule has 0 saturated heterocycles. The van der Waals surface area contributed by atoms with Gasteiger partial charge in [0.15, 0.2) is 0 Å². The zero-order valence-corrected chi connectivity index (χ0v) is 20.4. The Labute approximate surface area is 214 Å². The zero-order chi connectivity index (χ0) is 26.5. The molecule has 4 aromatic rings. The molecule has 0 unspecified atom stereocenters. The van der Waals surface area contributed by atoms with E-state index in [1.165, 1.54) is 18.5 Å². The van der Waals surface area contributed by atoms with E-state index in [9.17, 15) is 19.1 Å².